The van der Waals surface area contributed by atoms with Crippen LogP contribution in [-0.4, -0.2) is 23.1 Å². The Kier molecular flexibility index (Phi) is 6.38. The highest BCUT2D eigenvalue weighted by Crippen LogP contribution is 2.19. The molecule has 22 heavy (non-hydrogen) atoms. The Labute approximate surface area is 137 Å². The number of nitrogens with zero attached hydrogens (tertiary/aromatic N) is 1. The fourth-order valence-corrected chi connectivity index (χ4v) is 2.68. The van der Waals surface area contributed by atoms with E-state index in [4.69, 9.17) is 10.3 Å². The number of hydrogen-bond acceptors (Lipinski definition) is 4. The molecule has 3 N–H and O–H groups in total. The van der Waals surface area contributed by atoms with Crippen molar-refractivity contribution in [2.24, 2.45) is 11.7 Å². The highest BCUT2D eigenvalue weighted by molar-refractivity contribution is 5.86. The predicted octanol–water partition coefficient (Wildman–Crippen LogP) is 2.67. The number of fused-ring (bicyclic) bond motifs is 1. The van der Waals surface area contributed by atoms with E-state index < -0.39 is 0 Å². The van der Waals surface area contributed by atoms with Gasteiger partial charge in [0.1, 0.15) is 5.69 Å². The van der Waals surface area contributed by atoms with Crippen LogP contribution in [0.15, 0.2) is 28.8 Å². The van der Waals surface area contributed by atoms with Crippen molar-refractivity contribution in [3.63, 3.8) is 0 Å². The van der Waals surface area contributed by atoms with Gasteiger partial charge < -0.3 is 15.6 Å². The lowest BCUT2D eigenvalue weighted by Gasteiger charge is -2.31. The molecule has 0 aliphatic heterocycles. The van der Waals surface area contributed by atoms with E-state index in [-0.39, 0.29) is 30.3 Å². The third-order valence-electron chi connectivity index (χ3n) is 3.53. The van der Waals surface area contributed by atoms with Crippen LogP contribution in [0.5, 0.6) is 0 Å². The van der Waals surface area contributed by atoms with Crippen molar-refractivity contribution in [3.05, 3.63) is 30.0 Å². The molecule has 6 heteroatoms. The molecule has 1 aromatic heterocycles. The minimum absolute atomic E-state index is 0. The number of carbonyl (C=O) groups is 1. The van der Waals surface area contributed by atoms with Crippen LogP contribution < -0.4 is 11.1 Å². The van der Waals surface area contributed by atoms with Crippen LogP contribution in [0.2, 0.25) is 0 Å². The topological polar surface area (TPSA) is 81.1 Å². The largest absolute Gasteiger partial charge is 0.356 e. The number of aromatic nitrogens is 1. The van der Waals surface area contributed by atoms with Crippen LogP contribution in [-0.2, 0) is 11.2 Å². The maximum Gasteiger partial charge on any atom is 0.226 e. The van der Waals surface area contributed by atoms with Crippen LogP contribution in [0.1, 0.15) is 32.9 Å². The number of benzene rings is 1. The molecule has 1 aromatic carbocycles. The molecule has 0 bridgehead atoms. The van der Waals surface area contributed by atoms with Crippen molar-refractivity contribution in [2.75, 3.05) is 6.54 Å². The monoisotopic (exact) mass is 325 g/mol. The van der Waals surface area contributed by atoms with Gasteiger partial charge in [0.15, 0.2) is 5.58 Å². The third-order valence-corrected chi connectivity index (χ3v) is 3.53. The molecule has 0 aliphatic rings. The van der Waals surface area contributed by atoms with E-state index in [9.17, 15) is 4.79 Å². The quantitative estimate of drug-likeness (QED) is 0.855. The van der Waals surface area contributed by atoms with Gasteiger partial charge in [0.2, 0.25) is 5.91 Å². The number of nitrogens with two attached hydrogens (primary N) is 1. The van der Waals surface area contributed by atoms with Crippen molar-refractivity contribution in [1.82, 2.24) is 10.5 Å². The molecule has 1 atom stereocenters. The summed E-state index contributed by atoms with van der Waals surface area (Å²) in [5.41, 5.74) is 6.79. The summed E-state index contributed by atoms with van der Waals surface area (Å²) < 4.78 is 5.22. The number of amides is 1. The number of rotatable bonds is 6. The first-order valence-electron chi connectivity index (χ1n) is 7.28. The van der Waals surface area contributed by atoms with Gasteiger partial charge in [-0.05, 0) is 31.4 Å². The van der Waals surface area contributed by atoms with Crippen LogP contribution in [0.4, 0.5) is 0 Å². The summed E-state index contributed by atoms with van der Waals surface area (Å²) in [6, 6.07) is 7.53. The van der Waals surface area contributed by atoms with Crippen molar-refractivity contribution in [1.29, 1.82) is 0 Å². The first kappa shape index (κ1) is 18.5. The highest BCUT2D eigenvalue weighted by atomic mass is 35.5. The maximum absolute atomic E-state index is 12.3. The van der Waals surface area contributed by atoms with E-state index in [0.717, 1.165) is 11.8 Å². The van der Waals surface area contributed by atoms with Gasteiger partial charge >= 0.3 is 0 Å². The molecule has 0 radical (unpaired) electrons. The van der Waals surface area contributed by atoms with Gasteiger partial charge in [0.05, 0.1) is 6.42 Å². The van der Waals surface area contributed by atoms with Gasteiger partial charge in [-0.1, -0.05) is 31.1 Å². The molecule has 2 rings (SSSR count). The molecule has 0 aliphatic carbocycles. The standard InChI is InChI=1S/C16H23N3O2.ClH/c1-11(2)9-16(3,10-17)18-15(20)8-13-12-6-4-5-7-14(12)21-19-13;/h4-7,11H,8-10,17H2,1-3H3,(H,18,20);1H. The number of para-hydroxylation sites is 1. The van der Waals surface area contributed by atoms with E-state index in [1.54, 1.807) is 0 Å². The first-order chi connectivity index (χ1) is 9.93. The summed E-state index contributed by atoms with van der Waals surface area (Å²) in [5, 5.41) is 7.90. The van der Waals surface area contributed by atoms with Crippen molar-refractivity contribution < 1.29 is 9.32 Å². The number of hydrogen-bond donors (Lipinski definition) is 2. The molecule has 5 nitrogen and oxygen atoms in total. The molecule has 1 amide bonds. The smallest absolute Gasteiger partial charge is 0.226 e. The SMILES string of the molecule is CC(C)CC(C)(CN)NC(=O)Cc1noc2ccccc12.Cl. The lowest BCUT2D eigenvalue weighted by Crippen LogP contribution is -2.52. The van der Waals surface area contributed by atoms with Gasteiger partial charge in [-0.2, -0.15) is 0 Å². The lowest BCUT2D eigenvalue weighted by molar-refractivity contribution is -0.122. The van der Waals surface area contributed by atoms with E-state index in [1.807, 2.05) is 31.2 Å². The Balaban J connectivity index is 0.00000242. The second-order valence-corrected chi connectivity index (χ2v) is 6.21. The van der Waals surface area contributed by atoms with Crippen molar-refractivity contribution in [3.8, 4) is 0 Å². The van der Waals surface area contributed by atoms with Crippen LogP contribution in [0.3, 0.4) is 0 Å². The molecule has 2 aromatic rings. The van der Waals surface area contributed by atoms with Gasteiger partial charge in [-0.25, -0.2) is 0 Å². The van der Waals surface area contributed by atoms with Gasteiger partial charge in [0.25, 0.3) is 0 Å². The Bertz CT molecular complexity index is 627. The summed E-state index contributed by atoms with van der Waals surface area (Å²) in [7, 11) is 0. The summed E-state index contributed by atoms with van der Waals surface area (Å²) in [4.78, 5) is 12.3. The van der Waals surface area contributed by atoms with Gasteiger partial charge in [0, 0.05) is 17.5 Å². The highest BCUT2D eigenvalue weighted by Gasteiger charge is 2.26. The normalized spacial score (nSPS) is 13.7. The molecule has 0 fully saturated rings. The zero-order chi connectivity index (χ0) is 15.5. The van der Waals surface area contributed by atoms with Crippen LogP contribution in [0, 0.1) is 5.92 Å². The number of nitrogens with one attached hydrogen (secondary N) is 1. The Morgan fingerprint density at radius 3 is 2.73 bits per heavy atom. The average molecular weight is 326 g/mol. The van der Waals surface area contributed by atoms with Gasteiger partial charge in [-0.3, -0.25) is 4.79 Å². The fourth-order valence-electron chi connectivity index (χ4n) is 2.68. The number of halogens is 1. The predicted molar refractivity (Wildman–Crippen MR) is 90.0 cm³/mol. The summed E-state index contributed by atoms with van der Waals surface area (Å²) in [5.74, 6) is 0.384. The molecular weight excluding hydrogens is 302 g/mol. The van der Waals surface area contributed by atoms with Crippen LogP contribution in [0.25, 0.3) is 11.0 Å². The van der Waals surface area contributed by atoms with Crippen molar-refractivity contribution >= 4 is 29.3 Å². The number of carbonyl (C=O) groups excluding carboxylic acids is 1. The molecule has 1 unspecified atom stereocenters. The molecule has 122 valence electrons. The summed E-state index contributed by atoms with van der Waals surface area (Å²) in [6.45, 7) is 6.62. The molecule has 1 heterocycles. The second-order valence-electron chi connectivity index (χ2n) is 6.21. The van der Waals surface area contributed by atoms with Crippen molar-refractivity contribution in [2.45, 2.75) is 39.2 Å². The third kappa shape index (κ3) is 4.45. The maximum atomic E-state index is 12.3. The molecule has 0 spiro atoms. The summed E-state index contributed by atoms with van der Waals surface area (Å²) >= 11 is 0. The minimum atomic E-state index is -0.384. The lowest BCUT2D eigenvalue weighted by atomic mass is 9.90. The Morgan fingerprint density at radius 2 is 2.09 bits per heavy atom. The second kappa shape index (κ2) is 7.61. The molecular formula is C16H24ClN3O2. The molecule has 0 saturated heterocycles. The summed E-state index contributed by atoms with van der Waals surface area (Å²) in [6.07, 6.45) is 1.04. The zero-order valence-electron chi connectivity index (χ0n) is 13.3. The van der Waals surface area contributed by atoms with Crippen LogP contribution >= 0.6 is 12.4 Å². The van der Waals surface area contributed by atoms with E-state index in [1.165, 1.54) is 0 Å². The average Bonchev–Trinajstić information content (AvgIpc) is 2.81. The first-order valence-corrected chi connectivity index (χ1v) is 7.28. The Morgan fingerprint density at radius 1 is 1.41 bits per heavy atom. The zero-order valence-corrected chi connectivity index (χ0v) is 14.1. The van der Waals surface area contributed by atoms with E-state index in [2.05, 4.69) is 24.3 Å². The fraction of sp³-hybridized carbons (Fsp3) is 0.500. The van der Waals surface area contributed by atoms with Gasteiger partial charge in [-0.15, -0.1) is 12.4 Å². The Hall–Kier alpha value is -1.59. The van der Waals surface area contributed by atoms with E-state index >= 15 is 0 Å². The minimum Gasteiger partial charge on any atom is -0.356 e. The van der Waals surface area contributed by atoms with E-state index in [0.29, 0.717) is 23.7 Å². The molecule has 0 saturated carbocycles.